The Hall–Kier alpha value is -2.83. The predicted molar refractivity (Wildman–Crippen MR) is 118 cm³/mol. The van der Waals surface area contributed by atoms with Gasteiger partial charge in [-0.2, -0.15) is 5.10 Å². The molecule has 5 nitrogen and oxygen atoms in total. The first-order chi connectivity index (χ1) is 14.0. The van der Waals surface area contributed by atoms with Crippen molar-refractivity contribution in [3.63, 3.8) is 0 Å². The van der Waals surface area contributed by atoms with Gasteiger partial charge in [-0.1, -0.05) is 39.7 Å². The topological polar surface area (TPSA) is 59.9 Å². The molecule has 0 aromatic heterocycles. The third-order valence-corrected chi connectivity index (χ3v) is 4.76. The van der Waals surface area contributed by atoms with Gasteiger partial charge in [0.2, 0.25) is 0 Å². The van der Waals surface area contributed by atoms with Crippen LogP contribution in [-0.2, 0) is 6.61 Å². The summed E-state index contributed by atoms with van der Waals surface area (Å²) in [4.78, 5) is 12.1. The Kier molecular flexibility index (Phi) is 7.27. The van der Waals surface area contributed by atoms with E-state index < -0.39 is 0 Å². The van der Waals surface area contributed by atoms with E-state index >= 15 is 0 Å². The standard InChI is InChI=1S/C22H18BrClN2O3/c1-28-21-12-16(13-25-26-22(27)17-5-7-18(23)8-6-17)4-11-20(21)29-14-15-2-9-19(24)10-3-15/h2-13H,14H2,1H3,(H,26,27). The van der Waals surface area contributed by atoms with Crippen LogP contribution in [0.15, 0.2) is 76.3 Å². The minimum absolute atomic E-state index is 0.288. The van der Waals surface area contributed by atoms with Gasteiger partial charge in [0.15, 0.2) is 11.5 Å². The SMILES string of the molecule is COc1cc(C=NNC(=O)c2ccc(Br)cc2)ccc1OCc1ccc(Cl)cc1. The van der Waals surface area contributed by atoms with E-state index in [0.29, 0.717) is 28.7 Å². The molecule has 0 saturated heterocycles. The highest BCUT2D eigenvalue weighted by molar-refractivity contribution is 9.10. The quantitative estimate of drug-likeness (QED) is 0.366. The third kappa shape index (κ3) is 6.07. The van der Waals surface area contributed by atoms with E-state index in [1.807, 2.05) is 30.3 Å². The van der Waals surface area contributed by atoms with Crippen LogP contribution in [-0.4, -0.2) is 19.2 Å². The third-order valence-electron chi connectivity index (χ3n) is 3.98. The van der Waals surface area contributed by atoms with E-state index in [2.05, 4.69) is 26.5 Å². The summed E-state index contributed by atoms with van der Waals surface area (Å²) in [5.74, 6) is 0.893. The molecule has 148 valence electrons. The molecule has 0 aliphatic carbocycles. The molecule has 0 heterocycles. The maximum absolute atomic E-state index is 12.1. The Morgan fingerprint density at radius 1 is 1.07 bits per heavy atom. The molecular formula is C22H18BrClN2O3. The van der Waals surface area contributed by atoms with Crippen LogP contribution in [0.2, 0.25) is 5.02 Å². The number of hydrogen-bond acceptors (Lipinski definition) is 4. The summed E-state index contributed by atoms with van der Waals surface area (Å²) in [7, 11) is 1.57. The van der Waals surface area contributed by atoms with Crippen molar-refractivity contribution in [3.05, 3.63) is 92.9 Å². The van der Waals surface area contributed by atoms with Crippen molar-refractivity contribution in [2.24, 2.45) is 5.10 Å². The fourth-order valence-electron chi connectivity index (χ4n) is 2.46. The summed E-state index contributed by atoms with van der Waals surface area (Å²) in [6.45, 7) is 0.393. The van der Waals surface area contributed by atoms with Crippen LogP contribution in [0, 0.1) is 0 Å². The number of carbonyl (C=O) groups is 1. The van der Waals surface area contributed by atoms with Crippen molar-refractivity contribution in [1.82, 2.24) is 5.43 Å². The number of ether oxygens (including phenoxy) is 2. The van der Waals surface area contributed by atoms with Crippen molar-refractivity contribution in [2.45, 2.75) is 6.61 Å². The van der Waals surface area contributed by atoms with Gasteiger partial charge < -0.3 is 9.47 Å². The maximum atomic E-state index is 12.1. The fraction of sp³-hybridized carbons (Fsp3) is 0.0909. The molecule has 0 fully saturated rings. The molecule has 1 amide bonds. The number of carbonyl (C=O) groups excluding carboxylic acids is 1. The first-order valence-corrected chi connectivity index (χ1v) is 9.86. The Balaban J connectivity index is 1.61. The highest BCUT2D eigenvalue weighted by atomic mass is 79.9. The van der Waals surface area contributed by atoms with Crippen LogP contribution in [0.1, 0.15) is 21.5 Å². The minimum Gasteiger partial charge on any atom is -0.493 e. The second-order valence-electron chi connectivity index (χ2n) is 6.03. The average molecular weight is 474 g/mol. The van der Waals surface area contributed by atoms with Crippen molar-refractivity contribution < 1.29 is 14.3 Å². The molecule has 0 saturated carbocycles. The zero-order chi connectivity index (χ0) is 20.6. The number of nitrogens with one attached hydrogen (secondary N) is 1. The second kappa shape index (κ2) is 10.1. The molecule has 1 N–H and O–H groups in total. The number of amides is 1. The molecular weight excluding hydrogens is 456 g/mol. The Bertz CT molecular complexity index is 1010. The Labute approximate surface area is 182 Å². The van der Waals surface area contributed by atoms with Gasteiger partial charge in [0.1, 0.15) is 6.61 Å². The van der Waals surface area contributed by atoms with Gasteiger partial charge in [0.05, 0.1) is 13.3 Å². The summed E-state index contributed by atoms with van der Waals surface area (Å²) < 4.78 is 12.1. The number of benzene rings is 3. The van der Waals surface area contributed by atoms with Gasteiger partial charge in [-0.05, 0) is 65.7 Å². The van der Waals surface area contributed by atoms with Crippen molar-refractivity contribution in [3.8, 4) is 11.5 Å². The van der Waals surface area contributed by atoms with E-state index in [1.165, 1.54) is 0 Å². The zero-order valence-electron chi connectivity index (χ0n) is 15.6. The fourth-order valence-corrected chi connectivity index (χ4v) is 2.85. The molecule has 0 unspecified atom stereocenters. The summed E-state index contributed by atoms with van der Waals surface area (Å²) in [5.41, 5.74) is 4.78. The predicted octanol–water partition coefficient (Wildman–Crippen LogP) is 5.45. The normalized spacial score (nSPS) is 10.7. The highest BCUT2D eigenvalue weighted by Crippen LogP contribution is 2.28. The molecule has 3 rings (SSSR count). The molecule has 0 spiro atoms. The molecule has 0 aliphatic heterocycles. The largest absolute Gasteiger partial charge is 0.493 e. The first-order valence-electron chi connectivity index (χ1n) is 8.69. The monoisotopic (exact) mass is 472 g/mol. The van der Waals surface area contributed by atoms with Gasteiger partial charge >= 0.3 is 0 Å². The lowest BCUT2D eigenvalue weighted by molar-refractivity contribution is 0.0955. The van der Waals surface area contributed by atoms with Crippen molar-refractivity contribution >= 4 is 39.7 Å². The number of hydrogen-bond donors (Lipinski definition) is 1. The number of nitrogens with zero attached hydrogens (tertiary/aromatic N) is 1. The van der Waals surface area contributed by atoms with Gasteiger partial charge in [-0.25, -0.2) is 5.43 Å². The van der Waals surface area contributed by atoms with E-state index in [4.69, 9.17) is 21.1 Å². The number of halogens is 2. The van der Waals surface area contributed by atoms with E-state index in [0.717, 1.165) is 15.6 Å². The summed E-state index contributed by atoms with van der Waals surface area (Å²) in [6.07, 6.45) is 1.54. The van der Waals surface area contributed by atoms with E-state index in [-0.39, 0.29) is 5.91 Å². The summed E-state index contributed by atoms with van der Waals surface area (Å²) in [6, 6.07) is 19.9. The van der Waals surface area contributed by atoms with Crippen molar-refractivity contribution in [2.75, 3.05) is 7.11 Å². The van der Waals surface area contributed by atoms with Gasteiger partial charge in [0, 0.05) is 15.1 Å². The van der Waals surface area contributed by atoms with Crippen LogP contribution in [0.3, 0.4) is 0 Å². The maximum Gasteiger partial charge on any atom is 0.271 e. The van der Waals surface area contributed by atoms with Crippen LogP contribution in [0.4, 0.5) is 0 Å². The van der Waals surface area contributed by atoms with Crippen LogP contribution < -0.4 is 14.9 Å². The lowest BCUT2D eigenvalue weighted by Gasteiger charge is -2.11. The Morgan fingerprint density at radius 3 is 2.48 bits per heavy atom. The zero-order valence-corrected chi connectivity index (χ0v) is 17.9. The van der Waals surface area contributed by atoms with Crippen LogP contribution >= 0.6 is 27.5 Å². The highest BCUT2D eigenvalue weighted by Gasteiger charge is 2.07. The molecule has 3 aromatic carbocycles. The molecule has 0 atom stereocenters. The molecule has 0 aliphatic rings. The second-order valence-corrected chi connectivity index (χ2v) is 7.38. The van der Waals surface area contributed by atoms with Crippen LogP contribution in [0.25, 0.3) is 0 Å². The van der Waals surface area contributed by atoms with Crippen LogP contribution in [0.5, 0.6) is 11.5 Å². The van der Waals surface area contributed by atoms with Crippen molar-refractivity contribution in [1.29, 1.82) is 0 Å². The molecule has 0 bridgehead atoms. The summed E-state index contributed by atoms with van der Waals surface area (Å²) in [5, 5.41) is 4.68. The van der Waals surface area contributed by atoms with E-state index in [9.17, 15) is 4.79 Å². The number of methoxy groups -OCH3 is 1. The molecule has 3 aromatic rings. The minimum atomic E-state index is -0.288. The lowest BCUT2D eigenvalue weighted by atomic mass is 10.2. The van der Waals surface area contributed by atoms with Gasteiger partial charge in [0.25, 0.3) is 5.91 Å². The molecule has 29 heavy (non-hydrogen) atoms. The van der Waals surface area contributed by atoms with Gasteiger partial charge in [-0.3, -0.25) is 4.79 Å². The molecule has 0 radical (unpaired) electrons. The lowest BCUT2D eigenvalue weighted by Crippen LogP contribution is -2.17. The van der Waals surface area contributed by atoms with Gasteiger partial charge in [-0.15, -0.1) is 0 Å². The summed E-state index contributed by atoms with van der Waals surface area (Å²) >= 11 is 9.23. The Morgan fingerprint density at radius 2 is 1.79 bits per heavy atom. The smallest absolute Gasteiger partial charge is 0.271 e. The average Bonchev–Trinajstić information content (AvgIpc) is 2.74. The van der Waals surface area contributed by atoms with E-state index in [1.54, 1.807) is 49.7 Å². The molecule has 7 heteroatoms. The number of hydrazone groups is 1. The first kappa shape index (κ1) is 20.9. The number of rotatable bonds is 7.